The summed E-state index contributed by atoms with van der Waals surface area (Å²) >= 11 is 0. The van der Waals surface area contributed by atoms with Gasteiger partial charge in [0.1, 0.15) is 23.1 Å². The molecule has 1 atom stereocenters. The molecule has 2 aromatic carbocycles. The quantitative estimate of drug-likeness (QED) is 0.356. The van der Waals surface area contributed by atoms with Crippen molar-refractivity contribution in [3.8, 4) is 11.4 Å². The highest BCUT2D eigenvalue weighted by molar-refractivity contribution is 5.88. The smallest absolute Gasteiger partial charge is 0.270 e. The van der Waals surface area contributed by atoms with Crippen LogP contribution in [0.15, 0.2) is 69.7 Å². The highest BCUT2D eigenvalue weighted by atomic mass is 16.5. The summed E-state index contributed by atoms with van der Waals surface area (Å²) in [6, 6.07) is 15.9. The monoisotopic (exact) mass is 523 g/mol. The number of nitrogens with one attached hydrogen (secondary N) is 1. The summed E-state index contributed by atoms with van der Waals surface area (Å²) in [5.41, 5.74) is 17.0. The van der Waals surface area contributed by atoms with E-state index in [0.717, 1.165) is 41.6 Å². The number of anilines is 1. The number of aryl methyl sites for hydroxylation is 1. The molecule has 9 nitrogen and oxygen atoms in total. The zero-order chi connectivity index (χ0) is 27.1. The molecule has 200 valence electrons. The number of benzene rings is 2. The van der Waals surface area contributed by atoms with Crippen molar-refractivity contribution in [3.63, 3.8) is 0 Å². The topological polar surface area (TPSA) is 128 Å². The molecule has 0 aliphatic carbocycles. The van der Waals surface area contributed by atoms with Crippen LogP contribution in [0.5, 0.6) is 5.75 Å². The molecule has 0 fully saturated rings. The first-order chi connectivity index (χ1) is 19.0. The Balaban J connectivity index is 1.49. The number of aromatic nitrogens is 3. The molecule has 0 radical (unpaired) electrons. The Bertz CT molecular complexity index is 1770. The number of hydrogen-bond acceptors (Lipinski definition) is 7. The zero-order valence-corrected chi connectivity index (χ0v) is 22.3. The number of nitrogen functional groups attached to an aromatic ring is 1. The average molecular weight is 524 g/mol. The highest BCUT2D eigenvalue weighted by Gasteiger charge is 2.24. The third-order valence-electron chi connectivity index (χ3n) is 7.71. The van der Waals surface area contributed by atoms with Gasteiger partial charge in [0, 0.05) is 18.8 Å². The van der Waals surface area contributed by atoms with Crippen LogP contribution in [-0.4, -0.2) is 39.4 Å². The van der Waals surface area contributed by atoms with Crippen molar-refractivity contribution in [3.05, 3.63) is 92.1 Å². The fourth-order valence-corrected chi connectivity index (χ4v) is 5.59. The number of allylic oxidation sites excluding steroid dienone is 1. The minimum Gasteiger partial charge on any atom is -0.488 e. The fourth-order valence-electron chi connectivity index (χ4n) is 5.59. The second-order valence-electron chi connectivity index (χ2n) is 10.2. The standard InChI is InChI=1S/C30H33N7O2/c1-3-19-11-15-23-26-25(27(32)35-34-26)30(38)37(21-12-8-18(16-31)9-13-21)29(23)33-28(19)36(2)17-22-14-10-20-6-4-5-7-24(20)39-22/h4-9,12-13,15,22H,3,10-11,14,16-17,31H2,1-2H3,(H3,32,34,35). The molecule has 2 aliphatic rings. The van der Waals surface area contributed by atoms with Crippen LogP contribution in [-0.2, 0) is 13.0 Å². The van der Waals surface area contributed by atoms with Gasteiger partial charge in [0.05, 0.1) is 17.7 Å². The largest absolute Gasteiger partial charge is 0.488 e. The van der Waals surface area contributed by atoms with Crippen LogP contribution in [0.3, 0.4) is 0 Å². The molecule has 9 heteroatoms. The third kappa shape index (κ3) is 4.38. The molecule has 39 heavy (non-hydrogen) atoms. The van der Waals surface area contributed by atoms with E-state index in [4.69, 9.17) is 21.2 Å². The van der Waals surface area contributed by atoms with Crippen molar-refractivity contribution in [1.29, 1.82) is 0 Å². The number of aromatic amines is 1. The van der Waals surface area contributed by atoms with E-state index in [9.17, 15) is 4.79 Å². The lowest BCUT2D eigenvalue weighted by Gasteiger charge is -2.31. The second kappa shape index (κ2) is 10.1. The average Bonchev–Trinajstić information content (AvgIpc) is 3.24. The van der Waals surface area contributed by atoms with E-state index in [-0.39, 0.29) is 17.5 Å². The van der Waals surface area contributed by atoms with Gasteiger partial charge in [0.2, 0.25) is 0 Å². The first-order valence-corrected chi connectivity index (χ1v) is 13.4. The molecular formula is C30H33N7O2. The number of para-hydroxylation sites is 1. The molecule has 5 N–H and O–H groups in total. The Morgan fingerprint density at radius 1 is 1.18 bits per heavy atom. The van der Waals surface area contributed by atoms with E-state index in [1.807, 2.05) is 36.4 Å². The predicted octanol–water partition coefficient (Wildman–Crippen LogP) is 2.51. The lowest BCUT2D eigenvalue weighted by atomic mass is 10.0. The third-order valence-corrected chi connectivity index (χ3v) is 7.71. The van der Waals surface area contributed by atoms with Crippen LogP contribution >= 0.6 is 0 Å². The van der Waals surface area contributed by atoms with Crippen molar-refractivity contribution >= 4 is 22.8 Å². The van der Waals surface area contributed by atoms with E-state index in [0.29, 0.717) is 41.6 Å². The Morgan fingerprint density at radius 2 is 1.97 bits per heavy atom. The minimum atomic E-state index is -0.262. The molecule has 4 aromatic rings. The molecule has 0 amide bonds. The maximum absolute atomic E-state index is 13.9. The SMILES string of the molecule is CCC1=C(N(C)CC2CCc3ccccc3O2)N=c2c(c3[nH]nc(N)c3c(=O)n2-c2ccc(CN)cc2)=CC1. The fraction of sp³-hybridized carbons (Fsp3) is 0.300. The maximum Gasteiger partial charge on any atom is 0.270 e. The van der Waals surface area contributed by atoms with Crippen LogP contribution in [0, 0.1) is 0 Å². The molecular weight excluding hydrogens is 490 g/mol. The minimum absolute atomic E-state index is 0.0401. The van der Waals surface area contributed by atoms with E-state index in [2.05, 4.69) is 47.3 Å². The van der Waals surface area contributed by atoms with Crippen LogP contribution in [0.4, 0.5) is 5.82 Å². The second-order valence-corrected chi connectivity index (χ2v) is 10.2. The molecule has 0 spiro atoms. The lowest BCUT2D eigenvalue weighted by molar-refractivity contribution is 0.138. The number of pyridine rings is 1. The van der Waals surface area contributed by atoms with Crippen LogP contribution in [0.1, 0.15) is 37.3 Å². The van der Waals surface area contributed by atoms with Gasteiger partial charge in [-0.1, -0.05) is 43.3 Å². The van der Waals surface area contributed by atoms with Crippen molar-refractivity contribution in [2.75, 3.05) is 19.3 Å². The number of nitrogens with two attached hydrogens (primary N) is 2. The lowest BCUT2D eigenvalue weighted by Crippen LogP contribution is -2.43. The Hall–Kier alpha value is -4.37. The van der Waals surface area contributed by atoms with Crippen LogP contribution in [0.2, 0.25) is 0 Å². The summed E-state index contributed by atoms with van der Waals surface area (Å²) in [5.74, 6) is 1.99. The maximum atomic E-state index is 13.9. The van der Waals surface area contributed by atoms with E-state index in [1.165, 1.54) is 11.1 Å². The Kier molecular flexibility index (Phi) is 6.44. The van der Waals surface area contributed by atoms with Gasteiger partial charge >= 0.3 is 0 Å². The van der Waals surface area contributed by atoms with E-state index < -0.39 is 0 Å². The van der Waals surface area contributed by atoms with Gasteiger partial charge < -0.3 is 21.1 Å². The van der Waals surface area contributed by atoms with Gasteiger partial charge in [-0.25, -0.2) is 4.99 Å². The number of H-pyrrole nitrogens is 1. The van der Waals surface area contributed by atoms with Gasteiger partial charge in [-0.3, -0.25) is 14.5 Å². The summed E-state index contributed by atoms with van der Waals surface area (Å²) in [7, 11) is 2.05. The van der Waals surface area contributed by atoms with Crippen LogP contribution < -0.4 is 32.5 Å². The number of likely N-dealkylation sites (N-methyl/N-ethyl adjacent to an activating group) is 1. The summed E-state index contributed by atoms with van der Waals surface area (Å²) in [4.78, 5) is 21.3. The van der Waals surface area contributed by atoms with Gasteiger partial charge in [-0.2, -0.15) is 5.10 Å². The highest BCUT2D eigenvalue weighted by Crippen LogP contribution is 2.28. The van der Waals surface area contributed by atoms with Crippen molar-refractivity contribution < 1.29 is 4.74 Å². The number of ether oxygens (including phenoxy) is 1. The number of nitrogens with zero attached hydrogens (tertiary/aromatic N) is 4. The predicted molar refractivity (Wildman–Crippen MR) is 153 cm³/mol. The molecule has 0 bridgehead atoms. The summed E-state index contributed by atoms with van der Waals surface area (Å²) in [6.45, 7) is 3.24. The zero-order valence-electron chi connectivity index (χ0n) is 22.3. The molecule has 2 aliphatic heterocycles. The summed E-state index contributed by atoms with van der Waals surface area (Å²) in [5, 5.41) is 8.33. The summed E-state index contributed by atoms with van der Waals surface area (Å²) < 4.78 is 7.99. The van der Waals surface area contributed by atoms with E-state index in [1.54, 1.807) is 4.57 Å². The molecule has 6 rings (SSSR count). The molecule has 1 unspecified atom stereocenters. The first-order valence-electron chi connectivity index (χ1n) is 13.4. The number of hydrogen-bond donors (Lipinski definition) is 3. The van der Waals surface area contributed by atoms with Crippen molar-refractivity contribution in [2.24, 2.45) is 10.7 Å². The molecule has 2 aromatic heterocycles. The van der Waals surface area contributed by atoms with Crippen molar-refractivity contribution in [1.82, 2.24) is 19.7 Å². The Morgan fingerprint density at radius 3 is 2.74 bits per heavy atom. The summed E-state index contributed by atoms with van der Waals surface area (Å²) in [6.07, 6.45) is 5.60. The van der Waals surface area contributed by atoms with Gasteiger partial charge in [0.15, 0.2) is 11.3 Å². The van der Waals surface area contributed by atoms with Gasteiger partial charge in [-0.05, 0) is 60.6 Å². The molecule has 0 saturated heterocycles. The molecule has 0 saturated carbocycles. The van der Waals surface area contributed by atoms with Crippen molar-refractivity contribution in [2.45, 2.75) is 45.3 Å². The molecule has 4 heterocycles. The normalized spacial score (nSPS) is 16.5. The first kappa shape index (κ1) is 24.9. The Labute approximate surface area is 226 Å². The number of rotatable bonds is 6. The van der Waals surface area contributed by atoms with Gasteiger partial charge in [-0.15, -0.1) is 0 Å². The van der Waals surface area contributed by atoms with E-state index >= 15 is 0 Å². The number of fused-ring (bicyclic) bond motifs is 4. The van der Waals surface area contributed by atoms with Gasteiger partial charge in [0.25, 0.3) is 5.56 Å². The van der Waals surface area contributed by atoms with Crippen LogP contribution in [0.25, 0.3) is 22.7 Å².